The van der Waals surface area contributed by atoms with Crippen molar-refractivity contribution in [2.45, 2.75) is 51.4 Å². The van der Waals surface area contributed by atoms with Crippen molar-refractivity contribution in [3.05, 3.63) is 323 Å². The molecular weight excluding hydrogens is 981 g/mol. The standard InChI is InChI=1S/C77H62N4/c1-51(2)44-53-35-39-61(40-36-53)76(69-30-12-8-26-65(69)66-27-9-13-31-70(66)76)63-24-18-22-56(49-63)58-46-59(48-60(47-58)75-80-79-74(55-20-6-5-7-21-55)81(75)73-34-16-17-43-78-73)57-23-19-25-64(50-57)77(62-41-37-54(38-42-62)45-52(3)4)71-32-14-10-28-67(71)68-29-11-15-33-72(68)77/h5-43,46-52H,44-45H2,1-4H3. The summed E-state index contributed by atoms with van der Waals surface area (Å²) in [6, 6.07) is 97.0. The second-order valence-corrected chi connectivity index (χ2v) is 23.0. The van der Waals surface area contributed by atoms with Gasteiger partial charge in [0.25, 0.3) is 0 Å². The van der Waals surface area contributed by atoms with Crippen molar-refractivity contribution in [1.29, 1.82) is 0 Å². The topological polar surface area (TPSA) is 43.6 Å². The highest BCUT2D eigenvalue weighted by molar-refractivity contribution is 5.89. The molecule has 2 aromatic heterocycles. The van der Waals surface area contributed by atoms with Gasteiger partial charge in [-0.15, -0.1) is 10.2 Å². The number of rotatable bonds is 13. The van der Waals surface area contributed by atoms with E-state index in [0.717, 1.165) is 57.9 Å². The van der Waals surface area contributed by atoms with Gasteiger partial charge in [0.05, 0.1) is 10.8 Å². The summed E-state index contributed by atoms with van der Waals surface area (Å²) in [7, 11) is 0. The summed E-state index contributed by atoms with van der Waals surface area (Å²) in [6.07, 6.45) is 3.91. The van der Waals surface area contributed by atoms with Gasteiger partial charge in [-0.3, -0.25) is 4.57 Å². The Morgan fingerprint density at radius 2 is 0.704 bits per heavy atom. The highest BCUT2D eigenvalue weighted by Gasteiger charge is 2.47. The normalized spacial score (nSPS) is 13.5. The molecule has 0 bridgehead atoms. The third kappa shape index (κ3) is 8.31. The SMILES string of the molecule is CC(C)Cc1ccc(C2(c3cccc(-c4cc(-c5cccc(C6(c7ccc(CC(C)C)cc7)c7ccccc7-c7ccccc76)c5)cc(-c5nnc(-c6ccccc6)n5-c5ccccn5)c4)c3)c3ccccc3-c3ccccc32)cc1. The van der Waals surface area contributed by atoms with Crippen LogP contribution in [-0.2, 0) is 23.7 Å². The first-order valence-electron chi connectivity index (χ1n) is 28.7. The van der Waals surface area contributed by atoms with Gasteiger partial charge in [-0.2, -0.15) is 0 Å². The lowest BCUT2D eigenvalue weighted by molar-refractivity contribution is 0.646. The van der Waals surface area contributed by atoms with Crippen LogP contribution in [0.2, 0.25) is 0 Å². The van der Waals surface area contributed by atoms with Gasteiger partial charge in [-0.1, -0.05) is 246 Å². The van der Waals surface area contributed by atoms with E-state index in [0.29, 0.717) is 17.7 Å². The summed E-state index contributed by atoms with van der Waals surface area (Å²) in [5.74, 6) is 3.29. The monoisotopic (exact) mass is 1040 g/mol. The zero-order valence-corrected chi connectivity index (χ0v) is 46.3. The Kier molecular flexibility index (Phi) is 12.5. The molecule has 14 rings (SSSR count). The number of aromatic nitrogens is 4. The number of fused-ring (bicyclic) bond motifs is 6. The predicted octanol–water partition coefficient (Wildman–Crippen LogP) is 18.5. The van der Waals surface area contributed by atoms with Crippen molar-refractivity contribution < 1.29 is 0 Å². The Hall–Kier alpha value is -9.51. The predicted molar refractivity (Wildman–Crippen MR) is 333 cm³/mol. The number of benzene rings is 10. The number of hydrogen-bond donors (Lipinski definition) is 0. The Morgan fingerprint density at radius 1 is 0.321 bits per heavy atom. The van der Waals surface area contributed by atoms with E-state index < -0.39 is 10.8 Å². The molecule has 0 unspecified atom stereocenters. The Labute approximate surface area is 476 Å². The maximum absolute atomic E-state index is 5.09. The van der Waals surface area contributed by atoms with Gasteiger partial charge in [-0.25, -0.2) is 4.98 Å². The minimum atomic E-state index is -0.576. The minimum Gasteiger partial charge on any atom is -0.258 e. The zero-order chi connectivity index (χ0) is 54.7. The average Bonchev–Trinajstić information content (AvgIpc) is 3.44. The van der Waals surface area contributed by atoms with Crippen molar-refractivity contribution in [1.82, 2.24) is 19.7 Å². The zero-order valence-electron chi connectivity index (χ0n) is 46.3. The van der Waals surface area contributed by atoms with Crippen LogP contribution in [0.25, 0.3) is 73.1 Å². The number of nitrogens with zero attached hydrogens (tertiary/aromatic N) is 4. The molecule has 390 valence electrons. The van der Waals surface area contributed by atoms with Crippen LogP contribution in [0, 0.1) is 11.8 Å². The second-order valence-electron chi connectivity index (χ2n) is 23.0. The Balaban J connectivity index is 1.01. The molecule has 0 N–H and O–H groups in total. The summed E-state index contributed by atoms with van der Waals surface area (Å²) < 4.78 is 2.11. The summed E-state index contributed by atoms with van der Waals surface area (Å²) in [4.78, 5) is 4.93. The lowest BCUT2D eigenvalue weighted by atomic mass is 9.67. The van der Waals surface area contributed by atoms with Crippen molar-refractivity contribution in [3.63, 3.8) is 0 Å². The number of pyridine rings is 1. The Bertz CT molecular complexity index is 3980. The third-order valence-electron chi connectivity index (χ3n) is 17.0. The minimum absolute atomic E-state index is 0.560. The molecule has 4 heteroatoms. The van der Waals surface area contributed by atoms with E-state index in [1.807, 2.05) is 42.6 Å². The summed E-state index contributed by atoms with van der Waals surface area (Å²) >= 11 is 0. The summed E-state index contributed by atoms with van der Waals surface area (Å²) in [5, 5.41) is 10.1. The molecule has 0 fully saturated rings. The molecule has 2 aliphatic rings. The molecule has 0 radical (unpaired) electrons. The van der Waals surface area contributed by atoms with E-state index in [1.54, 1.807) is 0 Å². The molecule has 2 heterocycles. The molecule has 10 aromatic carbocycles. The van der Waals surface area contributed by atoms with Crippen LogP contribution < -0.4 is 0 Å². The molecule has 0 aliphatic heterocycles. The molecule has 0 saturated heterocycles. The summed E-state index contributed by atoms with van der Waals surface area (Å²) in [5.41, 5.74) is 23.0. The fourth-order valence-electron chi connectivity index (χ4n) is 13.7. The molecule has 81 heavy (non-hydrogen) atoms. The first kappa shape index (κ1) is 49.8. The fourth-order valence-corrected chi connectivity index (χ4v) is 13.7. The average molecular weight is 1040 g/mol. The van der Waals surface area contributed by atoms with E-state index in [4.69, 9.17) is 15.2 Å². The van der Waals surface area contributed by atoms with Crippen LogP contribution in [0.15, 0.2) is 267 Å². The highest BCUT2D eigenvalue weighted by Crippen LogP contribution is 2.58. The molecule has 0 saturated carbocycles. The van der Waals surface area contributed by atoms with Gasteiger partial charge in [0, 0.05) is 17.3 Å². The van der Waals surface area contributed by atoms with Gasteiger partial charge in [0.15, 0.2) is 11.6 Å². The van der Waals surface area contributed by atoms with Crippen molar-refractivity contribution in [2.24, 2.45) is 11.8 Å². The second kappa shape index (κ2) is 20.3. The molecule has 4 nitrogen and oxygen atoms in total. The lowest BCUT2D eigenvalue weighted by Gasteiger charge is -2.34. The highest BCUT2D eigenvalue weighted by atomic mass is 15.3. The van der Waals surface area contributed by atoms with E-state index in [2.05, 4.69) is 257 Å². The smallest absolute Gasteiger partial charge is 0.170 e. The van der Waals surface area contributed by atoms with E-state index >= 15 is 0 Å². The van der Waals surface area contributed by atoms with Gasteiger partial charge >= 0.3 is 0 Å². The van der Waals surface area contributed by atoms with E-state index in [1.165, 1.54) is 77.9 Å². The van der Waals surface area contributed by atoms with Gasteiger partial charge in [0.1, 0.15) is 5.82 Å². The van der Waals surface area contributed by atoms with Gasteiger partial charge < -0.3 is 0 Å². The quantitative estimate of drug-likeness (QED) is 0.116. The van der Waals surface area contributed by atoms with Crippen molar-refractivity contribution in [3.8, 4) is 73.1 Å². The molecule has 12 aromatic rings. The molecule has 0 amide bonds. The van der Waals surface area contributed by atoms with Gasteiger partial charge in [0.2, 0.25) is 0 Å². The molecule has 0 atom stereocenters. The van der Waals surface area contributed by atoms with Crippen LogP contribution in [0.3, 0.4) is 0 Å². The summed E-state index contributed by atoms with van der Waals surface area (Å²) in [6.45, 7) is 9.18. The van der Waals surface area contributed by atoms with Crippen LogP contribution in [0.1, 0.15) is 83.3 Å². The third-order valence-corrected chi connectivity index (χ3v) is 17.0. The van der Waals surface area contributed by atoms with Crippen molar-refractivity contribution in [2.75, 3.05) is 0 Å². The van der Waals surface area contributed by atoms with Crippen LogP contribution in [-0.4, -0.2) is 19.7 Å². The Morgan fingerprint density at radius 3 is 1.12 bits per heavy atom. The first-order chi connectivity index (χ1) is 39.8. The number of hydrogen-bond acceptors (Lipinski definition) is 3. The largest absolute Gasteiger partial charge is 0.258 e. The van der Waals surface area contributed by atoms with Gasteiger partial charge in [-0.05, 0) is 167 Å². The molecule has 0 spiro atoms. The maximum atomic E-state index is 5.09. The van der Waals surface area contributed by atoms with Crippen molar-refractivity contribution >= 4 is 0 Å². The van der Waals surface area contributed by atoms with E-state index in [-0.39, 0.29) is 0 Å². The maximum Gasteiger partial charge on any atom is 0.170 e. The molecule has 2 aliphatic carbocycles. The van der Waals surface area contributed by atoms with Crippen LogP contribution in [0.4, 0.5) is 0 Å². The van der Waals surface area contributed by atoms with Crippen LogP contribution in [0.5, 0.6) is 0 Å². The first-order valence-corrected chi connectivity index (χ1v) is 28.7. The fraction of sp³-hybridized carbons (Fsp3) is 0.130. The molecular formula is C77H62N4. The van der Waals surface area contributed by atoms with E-state index in [9.17, 15) is 0 Å². The van der Waals surface area contributed by atoms with Crippen LogP contribution >= 0.6 is 0 Å². The lowest BCUT2D eigenvalue weighted by Crippen LogP contribution is -2.28.